The maximum Gasteiger partial charge on any atom is 0.219 e. The van der Waals surface area contributed by atoms with E-state index in [4.69, 9.17) is 4.74 Å². The lowest BCUT2D eigenvalue weighted by Crippen LogP contribution is -2.42. The first-order valence-electron chi connectivity index (χ1n) is 7.80. The molecule has 1 aromatic rings. The van der Waals surface area contributed by atoms with E-state index in [0.29, 0.717) is 26.2 Å². The van der Waals surface area contributed by atoms with Crippen LogP contribution in [0.15, 0.2) is 30.3 Å². The van der Waals surface area contributed by atoms with Crippen LogP contribution in [0.1, 0.15) is 31.2 Å². The van der Waals surface area contributed by atoms with Gasteiger partial charge in [-0.05, 0) is 37.7 Å². The van der Waals surface area contributed by atoms with Gasteiger partial charge in [0, 0.05) is 19.2 Å². The van der Waals surface area contributed by atoms with Crippen LogP contribution >= 0.6 is 0 Å². The fourth-order valence-corrected chi connectivity index (χ4v) is 5.41. The van der Waals surface area contributed by atoms with Crippen molar-refractivity contribution in [3.05, 3.63) is 35.9 Å². The zero-order chi connectivity index (χ0) is 14.7. The third kappa shape index (κ3) is 3.30. The number of benzene rings is 1. The fourth-order valence-electron chi connectivity index (χ4n) is 3.35. The smallest absolute Gasteiger partial charge is 0.219 e. The van der Waals surface area contributed by atoms with Gasteiger partial charge in [-0.25, -0.2) is 8.42 Å². The van der Waals surface area contributed by atoms with Gasteiger partial charge >= 0.3 is 0 Å². The van der Waals surface area contributed by atoms with Gasteiger partial charge < -0.3 is 4.74 Å². The van der Waals surface area contributed by atoms with Crippen LogP contribution in [0.4, 0.5) is 0 Å². The van der Waals surface area contributed by atoms with Gasteiger partial charge in [0.1, 0.15) is 5.25 Å². The van der Waals surface area contributed by atoms with Crippen LogP contribution in [0, 0.1) is 0 Å². The monoisotopic (exact) mass is 309 g/mol. The minimum Gasteiger partial charge on any atom is -0.380 e. The SMILES string of the molecule is O=S(=O)([C@H]1CCOC1)N1CCC[C@@H]1CCc1ccccc1. The number of sulfonamides is 1. The van der Waals surface area contributed by atoms with Gasteiger partial charge in [-0.1, -0.05) is 30.3 Å². The fraction of sp³-hybridized carbons (Fsp3) is 0.625. The summed E-state index contributed by atoms with van der Waals surface area (Å²) in [5, 5.41) is -0.324. The molecule has 0 unspecified atom stereocenters. The van der Waals surface area contributed by atoms with E-state index >= 15 is 0 Å². The second-order valence-corrected chi connectivity index (χ2v) is 8.13. The molecule has 3 rings (SSSR count). The molecule has 21 heavy (non-hydrogen) atoms. The number of hydrogen-bond acceptors (Lipinski definition) is 3. The summed E-state index contributed by atoms with van der Waals surface area (Å²) in [6, 6.07) is 10.5. The summed E-state index contributed by atoms with van der Waals surface area (Å²) in [5.41, 5.74) is 1.28. The summed E-state index contributed by atoms with van der Waals surface area (Å²) in [6.07, 6.45) is 4.46. The molecular formula is C16H23NO3S. The van der Waals surface area contributed by atoms with Gasteiger partial charge in [-0.3, -0.25) is 0 Å². The largest absolute Gasteiger partial charge is 0.380 e. The normalized spacial score (nSPS) is 27.2. The van der Waals surface area contributed by atoms with Crippen molar-refractivity contribution in [3.8, 4) is 0 Å². The Hall–Kier alpha value is -0.910. The summed E-state index contributed by atoms with van der Waals surface area (Å²) in [5.74, 6) is 0. The Kier molecular flexibility index (Phi) is 4.62. The molecule has 0 aliphatic carbocycles. The summed E-state index contributed by atoms with van der Waals surface area (Å²) in [4.78, 5) is 0. The van der Waals surface area contributed by atoms with Crippen LogP contribution < -0.4 is 0 Å². The van der Waals surface area contributed by atoms with Gasteiger partial charge in [0.25, 0.3) is 0 Å². The molecule has 1 aromatic carbocycles. The van der Waals surface area contributed by atoms with Crippen LogP contribution in [-0.4, -0.2) is 43.8 Å². The first kappa shape index (κ1) is 15.0. The molecule has 0 saturated carbocycles. The average Bonchev–Trinajstić information content (AvgIpc) is 3.18. The van der Waals surface area contributed by atoms with E-state index < -0.39 is 10.0 Å². The Morgan fingerprint density at radius 3 is 2.71 bits per heavy atom. The van der Waals surface area contributed by atoms with E-state index in [1.165, 1.54) is 5.56 Å². The van der Waals surface area contributed by atoms with Crippen LogP contribution in [-0.2, 0) is 21.2 Å². The third-order valence-corrected chi connectivity index (χ3v) is 6.92. The second-order valence-electron chi connectivity index (χ2n) is 5.96. The lowest BCUT2D eigenvalue weighted by Gasteiger charge is -2.26. The summed E-state index contributed by atoms with van der Waals surface area (Å²) in [6.45, 7) is 1.62. The Labute approximate surface area is 127 Å². The van der Waals surface area contributed by atoms with Crippen molar-refractivity contribution in [3.63, 3.8) is 0 Å². The zero-order valence-electron chi connectivity index (χ0n) is 12.3. The van der Waals surface area contributed by atoms with Gasteiger partial charge in [0.15, 0.2) is 0 Å². The van der Waals surface area contributed by atoms with Crippen LogP contribution in [0.25, 0.3) is 0 Å². The van der Waals surface area contributed by atoms with Crippen molar-refractivity contribution < 1.29 is 13.2 Å². The average molecular weight is 309 g/mol. The number of ether oxygens (including phenoxy) is 1. The van der Waals surface area contributed by atoms with Gasteiger partial charge in [-0.15, -0.1) is 0 Å². The lowest BCUT2D eigenvalue weighted by molar-refractivity contribution is 0.197. The van der Waals surface area contributed by atoms with Crippen LogP contribution in [0.2, 0.25) is 0 Å². The van der Waals surface area contributed by atoms with E-state index in [1.54, 1.807) is 4.31 Å². The Morgan fingerprint density at radius 1 is 1.19 bits per heavy atom. The molecule has 0 radical (unpaired) electrons. The minimum absolute atomic E-state index is 0.163. The van der Waals surface area contributed by atoms with E-state index in [9.17, 15) is 8.42 Å². The molecule has 2 heterocycles. The van der Waals surface area contributed by atoms with E-state index in [0.717, 1.165) is 25.7 Å². The summed E-state index contributed by atoms with van der Waals surface area (Å²) in [7, 11) is -3.18. The topological polar surface area (TPSA) is 46.6 Å². The molecule has 0 N–H and O–H groups in total. The Morgan fingerprint density at radius 2 is 2.00 bits per heavy atom. The first-order chi connectivity index (χ1) is 10.2. The van der Waals surface area contributed by atoms with Crippen molar-refractivity contribution in [2.24, 2.45) is 0 Å². The number of rotatable bonds is 5. The highest BCUT2D eigenvalue weighted by atomic mass is 32.2. The molecule has 0 spiro atoms. The first-order valence-corrected chi connectivity index (χ1v) is 9.30. The highest BCUT2D eigenvalue weighted by molar-refractivity contribution is 7.89. The van der Waals surface area contributed by atoms with E-state index in [2.05, 4.69) is 12.1 Å². The molecule has 4 nitrogen and oxygen atoms in total. The maximum atomic E-state index is 12.7. The van der Waals surface area contributed by atoms with E-state index in [1.807, 2.05) is 18.2 Å². The van der Waals surface area contributed by atoms with E-state index in [-0.39, 0.29) is 11.3 Å². The van der Waals surface area contributed by atoms with Gasteiger partial charge in [-0.2, -0.15) is 4.31 Å². The number of nitrogens with zero attached hydrogens (tertiary/aromatic N) is 1. The molecular weight excluding hydrogens is 286 g/mol. The van der Waals surface area contributed by atoms with Crippen molar-refractivity contribution in [1.29, 1.82) is 0 Å². The Balaban J connectivity index is 1.65. The maximum absolute atomic E-state index is 12.7. The number of aryl methyl sites for hydroxylation is 1. The van der Waals surface area contributed by atoms with Crippen molar-refractivity contribution in [1.82, 2.24) is 4.31 Å². The predicted molar refractivity (Wildman–Crippen MR) is 82.6 cm³/mol. The quantitative estimate of drug-likeness (QED) is 0.838. The highest BCUT2D eigenvalue weighted by Crippen LogP contribution is 2.29. The zero-order valence-corrected chi connectivity index (χ0v) is 13.1. The van der Waals surface area contributed by atoms with Crippen molar-refractivity contribution >= 4 is 10.0 Å². The van der Waals surface area contributed by atoms with Crippen LogP contribution in [0.3, 0.4) is 0 Å². The van der Waals surface area contributed by atoms with Gasteiger partial charge in [0.05, 0.1) is 6.61 Å². The standard InChI is InChI=1S/C16H23NO3S/c18-21(19,16-10-12-20-13-16)17-11-4-7-15(17)9-8-14-5-2-1-3-6-14/h1-3,5-6,15-16H,4,7-13H2/t15-,16+/m1/s1. The molecule has 2 aliphatic rings. The molecule has 2 aliphatic heterocycles. The third-order valence-electron chi connectivity index (χ3n) is 4.57. The molecule has 2 atom stereocenters. The molecule has 116 valence electrons. The predicted octanol–water partition coefficient (Wildman–Crippen LogP) is 2.20. The van der Waals surface area contributed by atoms with Crippen LogP contribution in [0.5, 0.6) is 0 Å². The molecule has 5 heteroatoms. The van der Waals surface area contributed by atoms with Crippen molar-refractivity contribution in [2.45, 2.75) is 43.4 Å². The summed E-state index contributed by atoms with van der Waals surface area (Å²) >= 11 is 0. The minimum atomic E-state index is -3.18. The Bertz CT molecular complexity index is 552. The molecule has 0 bridgehead atoms. The van der Waals surface area contributed by atoms with Crippen molar-refractivity contribution in [2.75, 3.05) is 19.8 Å². The summed E-state index contributed by atoms with van der Waals surface area (Å²) < 4.78 is 32.4. The van der Waals surface area contributed by atoms with Gasteiger partial charge in [0.2, 0.25) is 10.0 Å². The molecule has 0 amide bonds. The number of hydrogen-bond donors (Lipinski definition) is 0. The highest BCUT2D eigenvalue weighted by Gasteiger charge is 2.40. The molecule has 2 saturated heterocycles. The lowest BCUT2D eigenvalue weighted by atomic mass is 10.0. The molecule has 0 aromatic heterocycles. The molecule has 2 fully saturated rings. The second kappa shape index (κ2) is 6.46.